The van der Waals surface area contributed by atoms with Crippen molar-refractivity contribution in [1.29, 1.82) is 0 Å². The number of benzene rings is 12. The number of hydrogen-bond acceptors (Lipinski definition) is 30. The molecule has 4 atom stereocenters. The van der Waals surface area contributed by atoms with Gasteiger partial charge in [0.15, 0.2) is 24.4 Å². The average Bonchev–Trinajstić information content (AvgIpc) is 0.817. The molecule has 0 heterocycles. The number of unbranched alkanes of at least 4 members (excludes halogenated alkanes) is 12. The Labute approximate surface area is 839 Å². The zero-order valence-corrected chi connectivity index (χ0v) is 80.8. The van der Waals surface area contributed by atoms with E-state index in [9.17, 15) is 19.2 Å². The van der Waals surface area contributed by atoms with Gasteiger partial charge in [-0.1, -0.05) is 109 Å². The molecule has 0 aliphatic carbocycles. The van der Waals surface area contributed by atoms with E-state index in [-0.39, 0.29) is 77.4 Å². The molecule has 0 N–H and O–H groups in total. The highest BCUT2D eigenvalue weighted by Gasteiger charge is 2.46. The molecule has 12 rings (SSSR count). The summed E-state index contributed by atoms with van der Waals surface area (Å²) in [4.78, 5) is 88.5. The van der Waals surface area contributed by atoms with Crippen molar-refractivity contribution in [3.05, 3.63) is 328 Å². The first-order valence-electron chi connectivity index (χ1n) is 49.1. The molecule has 0 radical (unpaired) electrons. The molecule has 12 aromatic rings. The quantitative estimate of drug-likeness (QED) is 0.0148. The van der Waals surface area contributed by atoms with Gasteiger partial charge in [-0.25, -0.2) is 0 Å². The predicted octanol–water partition coefficient (Wildman–Crippen LogP) is 30.0. The van der Waals surface area contributed by atoms with Gasteiger partial charge in [0.05, 0.1) is 108 Å². The monoisotopic (exact) mass is 1950 g/mol. The highest BCUT2D eigenvalue weighted by Crippen LogP contribution is 2.32. The van der Waals surface area contributed by atoms with Crippen LogP contribution in [-0.2, 0) is 57.2 Å². The summed E-state index contributed by atoms with van der Waals surface area (Å²) in [5.41, 5.74) is 8.09. The Morgan fingerprint density at radius 3 is 0.493 bits per heavy atom. The molecule has 0 fully saturated rings. The number of carbonyl (C=O) groups excluding carboxylic acids is 6. The minimum atomic E-state index is -1.92. The lowest BCUT2D eigenvalue weighted by molar-refractivity contribution is -0.209. The number of rotatable bonds is 65. The fourth-order valence-corrected chi connectivity index (χ4v) is 14.2. The summed E-state index contributed by atoms with van der Waals surface area (Å²) in [5.74, 6) is -1.09. The first-order chi connectivity index (χ1) is 70.9. The van der Waals surface area contributed by atoms with Crippen LogP contribution in [0.5, 0.6) is 34.5 Å². The van der Waals surface area contributed by atoms with Gasteiger partial charge in [-0.3, -0.25) is 28.8 Å². The van der Waals surface area contributed by atoms with Crippen LogP contribution in [0.2, 0.25) is 0 Å². The minimum Gasteiger partial charge on any atom is -0.494 e. The molecule has 30 heteroatoms. The molecule has 0 amide bonds. The number of azo groups is 6. The van der Waals surface area contributed by atoms with Gasteiger partial charge >= 0.3 is 35.8 Å². The third-order valence-electron chi connectivity index (χ3n) is 22.0. The van der Waals surface area contributed by atoms with E-state index < -0.39 is 73.4 Å². The predicted molar refractivity (Wildman–Crippen MR) is 548 cm³/mol. The van der Waals surface area contributed by atoms with E-state index in [0.717, 1.165) is 11.4 Å². The van der Waals surface area contributed by atoms with Gasteiger partial charge in [0.2, 0.25) is 0 Å². The molecule has 0 saturated carbocycles. The van der Waals surface area contributed by atoms with E-state index in [2.05, 4.69) is 61.4 Å². The Balaban J connectivity index is 0.778. The highest BCUT2D eigenvalue weighted by molar-refractivity contribution is 5.74. The average molecular weight is 1950 g/mol. The summed E-state index contributed by atoms with van der Waals surface area (Å²) in [6, 6.07) is 99.4. The minimum absolute atomic E-state index is 0.103. The molecule has 30 nitrogen and oxygen atoms in total. The first-order valence-corrected chi connectivity index (χ1v) is 49.1. The molecule has 0 aliphatic heterocycles. The number of esters is 6. The summed E-state index contributed by atoms with van der Waals surface area (Å²) in [5, 5.41) is 51.9. The second kappa shape index (κ2) is 63.5. The SMILES string of the molecule is O=C(CCCCCOc1ccc(N=Nc2ccccc2)cc1)OC[C@@H](OC(=O)CCCCCOc1ccc(N=Nc2ccccc2)cc1)[C@@H](OC(=O)CCCCCOc1ccc(N=Nc2ccccc2)cc1)[C@H](OC(=O)CCCCCOc1ccc(N=Nc2ccccc2)cc1)[C@@H](COC(=O)CCCCCOc1ccc(N=Nc2ccccc2)cc1)OC(=O)CCCCCOc1ccc(N=Nc2ccccc2)cc1. The van der Waals surface area contributed by atoms with Crippen molar-refractivity contribution in [2.75, 3.05) is 52.9 Å². The van der Waals surface area contributed by atoms with Crippen molar-refractivity contribution in [2.45, 2.75) is 179 Å². The molecule has 746 valence electrons. The normalized spacial score (nSPS) is 12.2. The Morgan fingerprint density at radius 1 is 0.167 bits per heavy atom. The summed E-state index contributed by atoms with van der Waals surface area (Å²) in [7, 11) is 0. The molecule has 0 saturated heterocycles. The molecule has 0 aromatic heterocycles. The van der Waals surface area contributed by atoms with E-state index >= 15 is 9.59 Å². The lowest BCUT2D eigenvalue weighted by Crippen LogP contribution is -2.54. The van der Waals surface area contributed by atoms with Crippen LogP contribution in [0.1, 0.15) is 154 Å². The molecular formula is C114H122N12O18. The molecule has 0 unspecified atom stereocenters. The number of carbonyl (C=O) groups is 6. The maximum Gasteiger partial charge on any atom is 0.306 e. The Morgan fingerprint density at radius 2 is 0.319 bits per heavy atom. The Bertz CT molecular complexity index is 5560. The van der Waals surface area contributed by atoms with Crippen LogP contribution in [0.3, 0.4) is 0 Å². The van der Waals surface area contributed by atoms with Gasteiger partial charge in [-0.2, -0.15) is 61.4 Å². The molecule has 12 aromatic carbocycles. The number of ether oxygens (including phenoxy) is 12. The van der Waals surface area contributed by atoms with Crippen LogP contribution >= 0.6 is 0 Å². The van der Waals surface area contributed by atoms with E-state index in [1.165, 1.54) is 0 Å². The van der Waals surface area contributed by atoms with E-state index in [4.69, 9.17) is 56.8 Å². The highest BCUT2D eigenvalue weighted by atomic mass is 16.6. The van der Waals surface area contributed by atoms with Gasteiger partial charge in [0.25, 0.3) is 0 Å². The van der Waals surface area contributed by atoms with Crippen molar-refractivity contribution in [3.8, 4) is 34.5 Å². The third kappa shape index (κ3) is 42.9. The van der Waals surface area contributed by atoms with Crippen LogP contribution < -0.4 is 28.4 Å². The zero-order valence-electron chi connectivity index (χ0n) is 80.8. The standard InChI is InChI=1S/C114H122N12O18/c127-107(49-25-7-31-79-133-99-67-55-93(56-68-99)121-115-87-37-13-1-14-38-87)139-85-105(141-109(129)51-27-9-33-81-135-101-71-59-95(60-72-101)123-117-89-41-17-3-18-42-89)113(143-111(131)53-29-11-35-83-137-103-75-63-97(64-76-103)125-119-91-45-21-5-22-46-91)114(144-112(132)54-30-12-36-84-138-104-77-65-98(66-78-104)126-120-92-47-23-6-24-48-92)106(142-110(130)52-28-10-34-82-136-102-73-61-96(62-74-102)124-118-90-43-19-4-20-44-90)86-140-108(128)50-26-8-32-80-134-100-69-57-94(58-70-100)122-116-88-39-15-2-16-40-88/h1-6,13-24,37-48,55-78,105-106,113-114H,7-12,25-36,49-54,79-86H2/t105-,106-,113-,114-/m1/s1. The Kier molecular flexibility index (Phi) is 47.1. The van der Waals surface area contributed by atoms with Crippen LogP contribution in [-0.4, -0.2) is 113 Å². The maximum absolute atomic E-state index is 15.1. The fraction of sp³-hybridized carbons (Fsp3) is 0.316. The van der Waals surface area contributed by atoms with Crippen molar-refractivity contribution >= 4 is 104 Å². The fourth-order valence-electron chi connectivity index (χ4n) is 14.2. The molecule has 144 heavy (non-hydrogen) atoms. The van der Waals surface area contributed by atoms with Crippen LogP contribution in [0.15, 0.2) is 389 Å². The molecule has 0 spiro atoms. The molecule has 0 bridgehead atoms. The maximum atomic E-state index is 15.1. The van der Waals surface area contributed by atoms with Crippen LogP contribution in [0.4, 0.5) is 68.2 Å². The lowest BCUT2D eigenvalue weighted by atomic mass is 10.0. The van der Waals surface area contributed by atoms with E-state index in [1.54, 1.807) is 146 Å². The van der Waals surface area contributed by atoms with Gasteiger partial charge in [0, 0.05) is 38.5 Å². The second-order valence-corrected chi connectivity index (χ2v) is 33.5. The zero-order chi connectivity index (χ0) is 99.9. The van der Waals surface area contributed by atoms with Gasteiger partial charge in [-0.05, 0) is 334 Å². The number of nitrogens with zero attached hydrogens (tertiary/aromatic N) is 12. The van der Waals surface area contributed by atoms with E-state index in [0.29, 0.717) is 208 Å². The molecular weight excluding hydrogens is 1830 g/mol. The lowest BCUT2D eigenvalue weighted by Gasteiger charge is -2.36. The van der Waals surface area contributed by atoms with Crippen molar-refractivity contribution in [3.63, 3.8) is 0 Å². The summed E-state index contributed by atoms with van der Waals surface area (Å²) in [6.45, 7) is 0.289. The van der Waals surface area contributed by atoms with Crippen molar-refractivity contribution in [1.82, 2.24) is 0 Å². The van der Waals surface area contributed by atoms with Crippen molar-refractivity contribution in [2.24, 2.45) is 61.4 Å². The smallest absolute Gasteiger partial charge is 0.306 e. The summed E-state index contributed by atoms with van der Waals surface area (Å²) >= 11 is 0. The van der Waals surface area contributed by atoms with E-state index in [1.807, 2.05) is 182 Å². The second-order valence-electron chi connectivity index (χ2n) is 33.5. The van der Waals surface area contributed by atoms with Crippen LogP contribution in [0, 0.1) is 0 Å². The first kappa shape index (κ1) is 107. The third-order valence-corrected chi connectivity index (χ3v) is 22.0. The topological polar surface area (TPSA) is 362 Å². The largest absolute Gasteiger partial charge is 0.494 e. The van der Waals surface area contributed by atoms with Gasteiger partial charge < -0.3 is 56.8 Å². The summed E-state index contributed by atoms with van der Waals surface area (Å²) < 4.78 is 74.8. The summed E-state index contributed by atoms with van der Waals surface area (Å²) in [6.07, 6.45) is -0.554. The van der Waals surface area contributed by atoms with Crippen LogP contribution in [0.25, 0.3) is 0 Å². The van der Waals surface area contributed by atoms with Crippen molar-refractivity contribution < 1.29 is 85.6 Å². The number of hydrogen-bond donors (Lipinski definition) is 0. The van der Waals surface area contributed by atoms with Gasteiger partial charge in [0.1, 0.15) is 47.7 Å². The molecule has 0 aliphatic rings. The Hall–Kier alpha value is -16.1. The van der Waals surface area contributed by atoms with Gasteiger partial charge in [-0.15, -0.1) is 0 Å².